The van der Waals surface area contributed by atoms with E-state index in [2.05, 4.69) is 23.8 Å². The summed E-state index contributed by atoms with van der Waals surface area (Å²) in [5, 5.41) is 8.08. The molecule has 84 valence electrons. The highest BCUT2D eigenvalue weighted by molar-refractivity contribution is 5.66. The fourth-order valence-corrected chi connectivity index (χ4v) is 0.902. The largest absolute Gasteiger partial charge is 0.481 e. The van der Waals surface area contributed by atoms with E-state index in [1.54, 1.807) is 7.11 Å². The minimum absolute atomic E-state index is 0.202. The minimum Gasteiger partial charge on any atom is -0.481 e. The number of carboxylic acid groups (broad SMARTS) is 1. The van der Waals surface area contributed by atoms with Gasteiger partial charge in [0.2, 0.25) is 0 Å². The fraction of sp³-hybridized carbons (Fsp3) is 0.417. The zero-order valence-electron chi connectivity index (χ0n) is 9.27. The van der Waals surface area contributed by atoms with Gasteiger partial charge in [0, 0.05) is 20.1 Å². The van der Waals surface area contributed by atoms with Gasteiger partial charge in [0.25, 0.3) is 0 Å². The molecule has 15 heavy (non-hydrogen) atoms. The number of aryl methyl sites for hydroxylation is 1. The monoisotopic (exact) mass is 210 g/mol. The summed E-state index contributed by atoms with van der Waals surface area (Å²) < 4.78 is 4.63. The van der Waals surface area contributed by atoms with E-state index in [0.717, 1.165) is 0 Å². The molecule has 0 aliphatic carbocycles. The van der Waals surface area contributed by atoms with E-state index in [-0.39, 0.29) is 6.42 Å². The Hall–Kier alpha value is -1.35. The Bertz CT molecular complexity index is 257. The van der Waals surface area contributed by atoms with Crippen molar-refractivity contribution in [2.45, 2.75) is 19.8 Å². The fourth-order valence-electron chi connectivity index (χ4n) is 0.902. The third-order valence-corrected chi connectivity index (χ3v) is 1.68. The van der Waals surface area contributed by atoms with Crippen molar-refractivity contribution < 1.29 is 14.6 Å². The number of rotatable bonds is 4. The highest BCUT2D eigenvalue weighted by Crippen LogP contribution is 1.92. The highest BCUT2D eigenvalue weighted by atomic mass is 16.5. The Morgan fingerprint density at radius 3 is 2.27 bits per heavy atom. The van der Waals surface area contributed by atoms with Crippen LogP contribution in [0.25, 0.3) is 0 Å². The third-order valence-electron chi connectivity index (χ3n) is 1.68. The van der Waals surface area contributed by atoms with Crippen molar-refractivity contribution in [3.63, 3.8) is 0 Å². The molecule has 0 saturated heterocycles. The second-order valence-corrected chi connectivity index (χ2v) is 3.14. The number of aliphatic carboxylic acids is 1. The van der Waals surface area contributed by atoms with Gasteiger partial charge in [-0.05, 0) is 13.3 Å². The maximum absolute atomic E-state index is 9.82. The van der Waals surface area contributed by atoms with E-state index < -0.39 is 5.97 Å². The third kappa shape index (κ3) is 10.6. The molecule has 0 radical (unpaired) electrons. The lowest BCUT2D eigenvalue weighted by Crippen LogP contribution is -1.97. The van der Waals surface area contributed by atoms with Gasteiger partial charge < -0.3 is 9.84 Å². The van der Waals surface area contributed by atoms with Gasteiger partial charge in [-0.1, -0.05) is 35.9 Å². The Morgan fingerprint density at radius 2 is 1.93 bits per heavy atom. The number of carboxylic acids is 1. The molecule has 0 aliphatic rings. The molecule has 1 aromatic rings. The number of methoxy groups -OCH3 is 1. The van der Waals surface area contributed by atoms with Crippen molar-refractivity contribution in [1.29, 1.82) is 0 Å². The first kappa shape index (κ1) is 13.7. The molecule has 1 N–H and O–H groups in total. The van der Waals surface area contributed by atoms with Crippen LogP contribution in [0.3, 0.4) is 0 Å². The molecule has 0 heterocycles. The Labute approximate surface area is 90.7 Å². The van der Waals surface area contributed by atoms with Gasteiger partial charge in [0.15, 0.2) is 0 Å². The molecular formula is C12H18O3. The van der Waals surface area contributed by atoms with Crippen LogP contribution < -0.4 is 0 Å². The highest BCUT2D eigenvalue weighted by Gasteiger charge is 1.93. The molecule has 0 unspecified atom stereocenters. The summed E-state index contributed by atoms with van der Waals surface area (Å²) >= 11 is 0. The molecule has 3 heteroatoms. The van der Waals surface area contributed by atoms with E-state index in [1.807, 2.05) is 18.2 Å². The molecule has 0 fully saturated rings. The average Bonchev–Trinajstić information content (AvgIpc) is 2.20. The van der Waals surface area contributed by atoms with Gasteiger partial charge >= 0.3 is 5.97 Å². The van der Waals surface area contributed by atoms with Crippen LogP contribution in [0.4, 0.5) is 0 Å². The van der Waals surface area contributed by atoms with Crippen LogP contribution >= 0.6 is 0 Å². The maximum Gasteiger partial charge on any atom is 0.303 e. The molecule has 3 nitrogen and oxygen atoms in total. The van der Waals surface area contributed by atoms with Crippen LogP contribution in [-0.2, 0) is 9.53 Å². The zero-order chi connectivity index (χ0) is 11.5. The number of ether oxygens (including phenoxy) is 1. The first-order valence-electron chi connectivity index (χ1n) is 4.89. The van der Waals surface area contributed by atoms with Crippen molar-refractivity contribution in [3.05, 3.63) is 35.9 Å². The van der Waals surface area contributed by atoms with Crippen molar-refractivity contribution in [3.8, 4) is 0 Å². The molecule has 1 aromatic carbocycles. The topological polar surface area (TPSA) is 46.5 Å². The summed E-state index contributed by atoms with van der Waals surface area (Å²) in [6, 6.07) is 10.3. The van der Waals surface area contributed by atoms with Gasteiger partial charge in [0.1, 0.15) is 0 Å². The Morgan fingerprint density at radius 1 is 1.33 bits per heavy atom. The molecule has 0 saturated carbocycles. The number of hydrogen-bond donors (Lipinski definition) is 1. The van der Waals surface area contributed by atoms with E-state index in [4.69, 9.17) is 5.11 Å². The number of carbonyl (C=O) groups is 1. The predicted octanol–water partition coefficient (Wildman–Crippen LogP) is 2.49. The van der Waals surface area contributed by atoms with Crippen LogP contribution in [0.15, 0.2) is 30.3 Å². The second-order valence-electron chi connectivity index (χ2n) is 3.14. The number of hydrogen-bond acceptors (Lipinski definition) is 2. The van der Waals surface area contributed by atoms with Crippen LogP contribution in [0.2, 0.25) is 0 Å². The molecule has 0 bridgehead atoms. The maximum atomic E-state index is 9.82. The molecule has 0 spiro atoms. The zero-order valence-corrected chi connectivity index (χ0v) is 9.27. The smallest absolute Gasteiger partial charge is 0.303 e. The molecular weight excluding hydrogens is 192 g/mol. The first-order valence-corrected chi connectivity index (χ1v) is 4.89. The molecule has 0 atom stereocenters. The van der Waals surface area contributed by atoms with Crippen LogP contribution in [0, 0.1) is 6.92 Å². The van der Waals surface area contributed by atoms with Crippen molar-refractivity contribution in [2.24, 2.45) is 0 Å². The van der Waals surface area contributed by atoms with E-state index in [0.29, 0.717) is 13.0 Å². The lowest BCUT2D eigenvalue weighted by atomic mass is 10.2. The van der Waals surface area contributed by atoms with Crippen molar-refractivity contribution >= 4 is 5.97 Å². The van der Waals surface area contributed by atoms with E-state index in [9.17, 15) is 4.79 Å². The van der Waals surface area contributed by atoms with Crippen molar-refractivity contribution in [1.82, 2.24) is 0 Å². The summed E-state index contributed by atoms with van der Waals surface area (Å²) in [6.07, 6.45) is 0.805. The number of benzene rings is 1. The summed E-state index contributed by atoms with van der Waals surface area (Å²) in [5.74, 6) is -0.762. The van der Waals surface area contributed by atoms with Crippen molar-refractivity contribution in [2.75, 3.05) is 13.7 Å². The lowest BCUT2D eigenvalue weighted by molar-refractivity contribution is -0.137. The molecule has 0 aliphatic heterocycles. The molecule has 1 rings (SSSR count). The predicted molar refractivity (Wildman–Crippen MR) is 59.9 cm³/mol. The summed E-state index contributed by atoms with van der Waals surface area (Å²) in [5.41, 5.74) is 1.32. The Balaban J connectivity index is 0.000000262. The molecule has 0 aromatic heterocycles. The molecule has 0 amide bonds. The van der Waals surface area contributed by atoms with Gasteiger partial charge in [-0.2, -0.15) is 0 Å². The Kier molecular flexibility index (Phi) is 8.39. The normalized spacial score (nSPS) is 8.93. The minimum atomic E-state index is -0.762. The van der Waals surface area contributed by atoms with Gasteiger partial charge in [-0.3, -0.25) is 4.79 Å². The average molecular weight is 210 g/mol. The van der Waals surface area contributed by atoms with Crippen LogP contribution in [-0.4, -0.2) is 24.8 Å². The SMILES string of the molecule is COCCCC(=O)O.Cc1ccccc1. The summed E-state index contributed by atoms with van der Waals surface area (Å²) in [4.78, 5) is 9.82. The standard InChI is InChI=1S/C7H8.C5H10O3/c1-7-5-3-2-4-6-7;1-8-4-2-3-5(6)7/h2-6H,1H3;2-4H2,1H3,(H,6,7). The van der Waals surface area contributed by atoms with E-state index >= 15 is 0 Å². The van der Waals surface area contributed by atoms with Crippen LogP contribution in [0.5, 0.6) is 0 Å². The lowest BCUT2D eigenvalue weighted by Gasteiger charge is -1.91. The summed E-state index contributed by atoms with van der Waals surface area (Å²) in [6.45, 7) is 2.62. The quantitative estimate of drug-likeness (QED) is 0.777. The van der Waals surface area contributed by atoms with Crippen LogP contribution in [0.1, 0.15) is 18.4 Å². The van der Waals surface area contributed by atoms with Gasteiger partial charge in [-0.25, -0.2) is 0 Å². The first-order chi connectivity index (χ1) is 7.16. The second kappa shape index (κ2) is 9.21. The summed E-state index contributed by atoms with van der Waals surface area (Å²) in [7, 11) is 1.56. The van der Waals surface area contributed by atoms with E-state index in [1.165, 1.54) is 5.56 Å². The van der Waals surface area contributed by atoms with Gasteiger partial charge in [0.05, 0.1) is 0 Å². The van der Waals surface area contributed by atoms with Gasteiger partial charge in [-0.15, -0.1) is 0 Å².